The summed E-state index contributed by atoms with van der Waals surface area (Å²) in [5.41, 5.74) is 0.689. The van der Waals surface area contributed by atoms with E-state index in [-0.39, 0.29) is 17.2 Å². The van der Waals surface area contributed by atoms with Crippen molar-refractivity contribution in [2.24, 2.45) is 0 Å². The van der Waals surface area contributed by atoms with Gasteiger partial charge in [-0.15, -0.1) is 0 Å². The van der Waals surface area contributed by atoms with Crippen molar-refractivity contribution in [2.75, 3.05) is 25.1 Å². The molecule has 0 saturated carbocycles. The molecule has 0 spiro atoms. The van der Waals surface area contributed by atoms with E-state index in [4.69, 9.17) is 5.11 Å². The average Bonchev–Trinajstić information content (AvgIpc) is 2.33. The summed E-state index contributed by atoms with van der Waals surface area (Å²) in [6.45, 7) is 2.59. The molecule has 0 radical (unpaired) electrons. The molecule has 0 aliphatic heterocycles. The first-order chi connectivity index (χ1) is 8.57. The maximum absolute atomic E-state index is 11.0. The van der Waals surface area contributed by atoms with E-state index in [1.54, 1.807) is 31.1 Å². The first-order valence-corrected chi connectivity index (χ1v) is 6.00. The molecule has 0 fully saturated rings. The molecule has 0 bridgehead atoms. The quantitative estimate of drug-likeness (QED) is 0.456. The van der Waals surface area contributed by atoms with E-state index in [0.29, 0.717) is 17.9 Å². The van der Waals surface area contributed by atoms with Gasteiger partial charge in [-0.3, -0.25) is 10.1 Å². The van der Waals surface area contributed by atoms with Crippen LogP contribution >= 0.6 is 0 Å². The second-order valence-electron chi connectivity index (χ2n) is 4.26. The molecule has 6 heteroatoms. The summed E-state index contributed by atoms with van der Waals surface area (Å²) in [4.78, 5) is 16.5. The number of pyridine rings is 1. The summed E-state index contributed by atoms with van der Waals surface area (Å²) in [5, 5.41) is 19.7. The second-order valence-corrected chi connectivity index (χ2v) is 4.26. The third-order valence-electron chi connectivity index (χ3n) is 2.80. The number of rotatable bonds is 7. The first kappa shape index (κ1) is 14.4. The van der Waals surface area contributed by atoms with Crippen LogP contribution in [-0.2, 0) is 0 Å². The second kappa shape index (κ2) is 6.90. The Morgan fingerprint density at radius 1 is 1.44 bits per heavy atom. The predicted octanol–water partition coefficient (Wildman–Crippen LogP) is 1.90. The molecule has 0 saturated heterocycles. The lowest BCUT2D eigenvalue weighted by molar-refractivity contribution is -0.384. The molecule has 1 aromatic rings. The number of nitro groups is 1. The Balaban J connectivity index is 2.76. The lowest BCUT2D eigenvalue weighted by Gasteiger charge is -2.18. The predicted molar refractivity (Wildman–Crippen MR) is 69.8 cm³/mol. The zero-order valence-corrected chi connectivity index (χ0v) is 10.8. The van der Waals surface area contributed by atoms with Gasteiger partial charge in [-0.1, -0.05) is 0 Å². The highest BCUT2D eigenvalue weighted by atomic mass is 16.6. The summed E-state index contributed by atoms with van der Waals surface area (Å²) >= 11 is 0. The van der Waals surface area contributed by atoms with Crippen molar-refractivity contribution in [3.05, 3.63) is 27.9 Å². The highest BCUT2D eigenvalue weighted by molar-refractivity contribution is 5.60. The van der Waals surface area contributed by atoms with Crippen molar-refractivity contribution < 1.29 is 10.0 Å². The van der Waals surface area contributed by atoms with Crippen LogP contribution in [-0.4, -0.2) is 35.2 Å². The van der Waals surface area contributed by atoms with Gasteiger partial charge in [0, 0.05) is 32.0 Å². The van der Waals surface area contributed by atoms with Gasteiger partial charge in [0.25, 0.3) is 0 Å². The molecule has 0 aromatic carbocycles. The summed E-state index contributed by atoms with van der Waals surface area (Å²) in [6.07, 6.45) is 4.13. The van der Waals surface area contributed by atoms with Crippen molar-refractivity contribution in [1.29, 1.82) is 0 Å². The van der Waals surface area contributed by atoms with Crippen LogP contribution in [0.3, 0.4) is 0 Å². The SMILES string of the molecule is Cc1ccnc(N(C)CCCCCO)c1[N+](=O)[O-]. The summed E-state index contributed by atoms with van der Waals surface area (Å²) < 4.78 is 0. The monoisotopic (exact) mass is 253 g/mol. The third kappa shape index (κ3) is 3.66. The van der Waals surface area contributed by atoms with Gasteiger partial charge in [0.15, 0.2) is 0 Å². The normalized spacial score (nSPS) is 10.4. The van der Waals surface area contributed by atoms with Crippen LogP contribution < -0.4 is 4.90 Å². The fourth-order valence-corrected chi connectivity index (χ4v) is 1.78. The van der Waals surface area contributed by atoms with Crippen LogP contribution in [0.2, 0.25) is 0 Å². The molecule has 1 rings (SSSR count). The van der Waals surface area contributed by atoms with Crippen LogP contribution in [0, 0.1) is 17.0 Å². The van der Waals surface area contributed by atoms with E-state index in [1.807, 2.05) is 0 Å². The Kier molecular flexibility index (Phi) is 5.51. The van der Waals surface area contributed by atoms with Crippen LogP contribution in [0.1, 0.15) is 24.8 Å². The van der Waals surface area contributed by atoms with E-state index in [2.05, 4.69) is 4.98 Å². The van der Waals surface area contributed by atoms with Gasteiger partial charge in [-0.05, 0) is 32.3 Å². The number of aryl methyl sites for hydroxylation is 1. The van der Waals surface area contributed by atoms with Crippen LogP contribution in [0.5, 0.6) is 0 Å². The van der Waals surface area contributed by atoms with Crippen molar-refractivity contribution in [3.63, 3.8) is 0 Å². The Morgan fingerprint density at radius 2 is 2.17 bits per heavy atom. The highest BCUT2D eigenvalue weighted by Crippen LogP contribution is 2.28. The Bertz CT molecular complexity index is 410. The topological polar surface area (TPSA) is 79.5 Å². The van der Waals surface area contributed by atoms with Crippen molar-refractivity contribution in [2.45, 2.75) is 26.2 Å². The van der Waals surface area contributed by atoms with E-state index in [0.717, 1.165) is 19.3 Å². The van der Waals surface area contributed by atoms with Gasteiger partial charge in [0.2, 0.25) is 5.82 Å². The van der Waals surface area contributed by atoms with Crippen molar-refractivity contribution in [1.82, 2.24) is 4.98 Å². The maximum Gasteiger partial charge on any atom is 0.314 e. The molecular weight excluding hydrogens is 234 g/mol. The van der Waals surface area contributed by atoms with Gasteiger partial charge in [-0.25, -0.2) is 4.98 Å². The molecule has 6 nitrogen and oxygen atoms in total. The number of nitrogens with zero attached hydrogens (tertiary/aromatic N) is 3. The smallest absolute Gasteiger partial charge is 0.314 e. The molecule has 1 aromatic heterocycles. The van der Waals surface area contributed by atoms with Gasteiger partial charge in [0.05, 0.1) is 4.92 Å². The molecule has 0 unspecified atom stereocenters. The van der Waals surface area contributed by atoms with Gasteiger partial charge >= 0.3 is 5.69 Å². The molecule has 100 valence electrons. The Morgan fingerprint density at radius 3 is 2.78 bits per heavy atom. The zero-order valence-electron chi connectivity index (χ0n) is 10.8. The molecule has 0 atom stereocenters. The molecule has 0 aliphatic carbocycles. The molecule has 18 heavy (non-hydrogen) atoms. The minimum atomic E-state index is -0.387. The highest BCUT2D eigenvalue weighted by Gasteiger charge is 2.21. The van der Waals surface area contributed by atoms with Gasteiger partial charge < -0.3 is 10.0 Å². The number of aromatic nitrogens is 1. The average molecular weight is 253 g/mol. The van der Waals surface area contributed by atoms with Crippen LogP contribution in [0.15, 0.2) is 12.3 Å². The van der Waals surface area contributed by atoms with Crippen LogP contribution in [0.25, 0.3) is 0 Å². The third-order valence-corrected chi connectivity index (χ3v) is 2.80. The minimum Gasteiger partial charge on any atom is -0.396 e. The zero-order chi connectivity index (χ0) is 13.5. The number of unbranched alkanes of at least 4 members (excludes halogenated alkanes) is 2. The fraction of sp³-hybridized carbons (Fsp3) is 0.583. The molecular formula is C12H19N3O3. The first-order valence-electron chi connectivity index (χ1n) is 6.00. The standard InChI is InChI=1S/C12H19N3O3/c1-10-6-7-13-12(11(10)15(17)18)14(2)8-4-3-5-9-16/h6-7,16H,3-5,8-9H2,1-2H3. The lowest BCUT2D eigenvalue weighted by Crippen LogP contribution is -2.21. The Labute approximate surface area is 106 Å². The van der Waals surface area contributed by atoms with Gasteiger partial charge in [-0.2, -0.15) is 0 Å². The molecule has 1 heterocycles. The van der Waals surface area contributed by atoms with Crippen LogP contribution in [0.4, 0.5) is 11.5 Å². The number of hydrogen-bond acceptors (Lipinski definition) is 5. The number of anilines is 1. The summed E-state index contributed by atoms with van der Waals surface area (Å²) in [6, 6.07) is 1.64. The molecule has 0 aliphatic rings. The number of hydrogen-bond donors (Lipinski definition) is 1. The van der Waals surface area contributed by atoms with Crippen molar-refractivity contribution in [3.8, 4) is 0 Å². The van der Waals surface area contributed by atoms with Crippen molar-refractivity contribution >= 4 is 11.5 Å². The number of aliphatic hydroxyl groups excluding tert-OH is 1. The Hall–Kier alpha value is -1.69. The molecule has 0 amide bonds. The van der Waals surface area contributed by atoms with E-state index >= 15 is 0 Å². The van der Waals surface area contributed by atoms with Gasteiger partial charge in [0.1, 0.15) is 0 Å². The summed E-state index contributed by atoms with van der Waals surface area (Å²) in [5.74, 6) is 0.406. The largest absolute Gasteiger partial charge is 0.396 e. The van der Waals surface area contributed by atoms with E-state index in [9.17, 15) is 10.1 Å². The van der Waals surface area contributed by atoms with E-state index in [1.165, 1.54) is 0 Å². The fourth-order valence-electron chi connectivity index (χ4n) is 1.78. The summed E-state index contributed by atoms with van der Waals surface area (Å²) in [7, 11) is 1.80. The van der Waals surface area contributed by atoms with E-state index < -0.39 is 0 Å². The number of aliphatic hydroxyl groups is 1. The lowest BCUT2D eigenvalue weighted by atomic mass is 10.2. The minimum absolute atomic E-state index is 0.0714. The molecule has 1 N–H and O–H groups in total. The maximum atomic E-state index is 11.0.